The van der Waals surface area contributed by atoms with Gasteiger partial charge in [-0.05, 0) is 18.4 Å². The van der Waals surface area contributed by atoms with Crippen LogP contribution in [0.5, 0.6) is 0 Å². The number of thioether (sulfide) groups is 1. The zero-order valence-electron chi connectivity index (χ0n) is 6.99. The Morgan fingerprint density at radius 1 is 1.83 bits per heavy atom. The topological polar surface area (TPSA) is 58.4 Å². The first-order valence-corrected chi connectivity index (χ1v) is 4.76. The van der Waals surface area contributed by atoms with E-state index in [4.69, 9.17) is 5.73 Å². The molecule has 12 heavy (non-hydrogen) atoms. The summed E-state index contributed by atoms with van der Waals surface area (Å²) in [7, 11) is 1.62. The molecule has 1 aliphatic rings. The molecule has 3 N–H and O–H groups in total. The number of hydrogen-bond acceptors (Lipinski definition) is 3. The number of urea groups is 1. The third-order valence-electron chi connectivity index (χ3n) is 1.63. The molecule has 1 aliphatic heterocycles. The molecule has 0 saturated carbocycles. The predicted octanol–water partition coefficient (Wildman–Crippen LogP) is 0.521. The van der Waals surface area contributed by atoms with Crippen LogP contribution >= 0.6 is 11.8 Å². The molecule has 0 radical (unpaired) electrons. The fraction of sp³-hybridized carbons (Fsp3) is 0.571. The number of carbonyl (C=O) groups excluding carboxylic acids is 1. The minimum Gasteiger partial charge on any atom is -0.341 e. The highest BCUT2D eigenvalue weighted by Gasteiger charge is 2.23. The molecule has 1 atom stereocenters. The van der Waals surface area contributed by atoms with Crippen molar-refractivity contribution < 1.29 is 4.79 Å². The van der Waals surface area contributed by atoms with Gasteiger partial charge in [-0.3, -0.25) is 4.90 Å². The Kier molecular flexibility index (Phi) is 3.43. The van der Waals surface area contributed by atoms with Crippen molar-refractivity contribution in [3.05, 3.63) is 11.6 Å². The van der Waals surface area contributed by atoms with Crippen molar-refractivity contribution in [3.63, 3.8) is 0 Å². The fourth-order valence-electron chi connectivity index (χ4n) is 1.03. The smallest absolute Gasteiger partial charge is 0.322 e. The average molecular weight is 187 g/mol. The van der Waals surface area contributed by atoms with Gasteiger partial charge in [-0.15, -0.1) is 11.8 Å². The van der Waals surface area contributed by atoms with Gasteiger partial charge in [-0.1, -0.05) is 0 Å². The van der Waals surface area contributed by atoms with Crippen LogP contribution in [-0.2, 0) is 0 Å². The summed E-state index contributed by atoms with van der Waals surface area (Å²) >= 11 is 1.62. The Labute approximate surface area is 76.2 Å². The summed E-state index contributed by atoms with van der Waals surface area (Å²) in [6.45, 7) is 0.604. The molecule has 2 amide bonds. The lowest BCUT2D eigenvalue weighted by Crippen LogP contribution is -2.38. The molecule has 1 rings (SSSR count). The van der Waals surface area contributed by atoms with Gasteiger partial charge in [0.15, 0.2) is 0 Å². The molecule has 68 valence electrons. The Hall–Kier alpha value is -0.680. The minimum absolute atomic E-state index is 0.0744. The predicted molar refractivity (Wildman–Crippen MR) is 50.5 cm³/mol. The van der Waals surface area contributed by atoms with Crippen LogP contribution in [-0.4, -0.2) is 29.9 Å². The number of nitrogens with two attached hydrogens (primary N) is 1. The summed E-state index contributed by atoms with van der Waals surface area (Å²) < 4.78 is 0. The molecular formula is C7H13N3OS. The largest absolute Gasteiger partial charge is 0.341 e. The van der Waals surface area contributed by atoms with Crippen LogP contribution in [0, 0.1) is 0 Å². The number of nitrogens with one attached hydrogen (secondary N) is 1. The lowest BCUT2D eigenvalue weighted by atomic mass is 10.4. The highest BCUT2D eigenvalue weighted by atomic mass is 32.2. The molecule has 0 aromatic rings. The van der Waals surface area contributed by atoms with Gasteiger partial charge in [0.2, 0.25) is 0 Å². The SMILES string of the molecule is CNC(=O)N1C=CSC1CCN. The second-order valence-corrected chi connectivity index (χ2v) is 3.50. The van der Waals surface area contributed by atoms with Gasteiger partial charge in [0, 0.05) is 13.2 Å². The van der Waals surface area contributed by atoms with Crippen molar-refractivity contribution in [2.75, 3.05) is 13.6 Å². The van der Waals surface area contributed by atoms with Gasteiger partial charge in [0.05, 0.1) is 5.37 Å². The van der Waals surface area contributed by atoms with Crippen LogP contribution in [0.2, 0.25) is 0 Å². The first-order valence-electron chi connectivity index (χ1n) is 3.82. The van der Waals surface area contributed by atoms with Crippen molar-refractivity contribution in [2.45, 2.75) is 11.8 Å². The third-order valence-corrected chi connectivity index (χ3v) is 2.69. The van der Waals surface area contributed by atoms with E-state index in [0.717, 1.165) is 6.42 Å². The maximum absolute atomic E-state index is 11.2. The van der Waals surface area contributed by atoms with Crippen molar-refractivity contribution in [1.82, 2.24) is 10.2 Å². The van der Waals surface area contributed by atoms with E-state index in [-0.39, 0.29) is 11.4 Å². The molecule has 0 saturated heterocycles. The Balaban J connectivity index is 2.50. The zero-order valence-corrected chi connectivity index (χ0v) is 7.80. The molecule has 5 heteroatoms. The van der Waals surface area contributed by atoms with Crippen molar-refractivity contribution >= 4 is 17.8 Å². The van der Waals surface area contributed by atoms with E-state index in [1.54, 1.807) is 29.9 Å². The molecule has 0 fully saturated rings. The Bertz CT molecular complexity index is 195. The summed E-state index contributed by atoms with van der Waals surface area (Å²) in [6, 6.07) is -0.0744. The Morgan fingerprint density at radius 3 is 3.17 bits per heavy atom. The van der Waals surface area contributed by atoms with Crippen molar-refractivity contribution in [1.29, 1.82) is 0 Å². The van der Waals surface area contributed by atoms with Crippen LogP contribution in [0.15, 0.2) is 11.6 Å². The van der Waals surface area contributed by atoms with Crippen LogP contribution < -0.4 is 11.1 Å². The lowest BCUT2D eigenvalue weighted by Gasteiger charge is -2.21. The van der Waals surface area contributed by atoms with Gasteiger partial charge in [-0.25, -0.2) is 4.79 Å². The molecule has 0 aromatic heterocycles. The van der Waals surface area contributed by atoms with E-state index < -0.39 is 0 Å². The van der Waals surface area contributed by atoms with Crippen LogP contribution in [0.4, 0.5) is 4.79 Å². The maximum atomic E-state index is 11.2. The molecule has 0 aromatic carbocycles. The monoisotopic (exact) mass is 187 g/mol. The van der Waals surface area contributed by atoms with E-state index in [2.05, 4.69) is 5.32 Å². The highest BCUT2D eigenvalue weighted by Crippen LogP contribution is 2.26. The number of carbonyl (C=O) groups is 1. The molecule has 4 nitrogen and oxygen atoms in total. The van der Waals surface area contributed by atoms with Gasteiger partial charge in [0.25, 0.3) is 0 Å². The third kappa shape index (κ3) is 1.92. The highest BCUT2D eigenvalue weighted by molar-refractivity contribution is 8.02. The quantitative estimate of drug-likeness (QED) is 0.662. The molecule has 0 spiro atoms. The fourth-order valence-corrected chi connectivity index (χ4v) is 1.98. The van der Waals surface area contributed by atoms with Crippen LogP contribution in [0.3, 0.4) is 0 Å². The second-order valence-electron chi connectivity index (χ2n) is 2.42. The first-order chi connectivity index (χ1) is 5.79. The van der Waals surface area contributed by atoms with Gasteiger partial charge in [0.1, 0.15) is 0 Å². The van der Waals surface area contributed by atoms with Crippen molar-refractivity contribution in [3.8, 4) is 0 Å². The Morgan fingerprint density at radius 2 is 2.58 bits per heavy atom. The molecule has 1 unspecified atom stereocenters. The first kappa shape index (κ1) is 9.41. The van der Waals surface area contributed by atoms with Gasteiger partial charge >= 0.3 is 6.03 Å². The molecule has 1 heterocycles. The standard InChI is InChI=1S/C7H13N3OS/c1-9-7(11)10-4-5-12-6(10)2-3-8/h4-6H,2-3,8H2,1H3,(H,9,11). The average Bonchev–Trinajstić information content (AvgIpc) is 2.52. The van der Waals surface area contributed by atoms with Crippen LogP contribution in [0.1, 0.15) is 6.42 Å². The summed E-state index contributed by atoms with van der Waals surface area (Å²) in [5.74, 6) is 0. The van der Waals surface area contributed by atoms with Crippen molar-refractivity contribution in [2.24, 2.45) is 5.73 Å². The number of rotatable bonds is 2. The van der Waals surface area contributed by atoms with E-state index in [9.17, 15) is 4.79 Å². The minimum atomic E-state index is -0.0744. The summed E-state index contributed by atoms with van der Waals surface area (Å²) in [5, 5.41) is 4.67. The molecule has 0 aliphatic carbocycles. The van der Waals surface area contributed by atoms with Gasteiger partial charge < -0.3 is 11.1 Å². The van der Waals surface area contributed by atoms with Gasteiger partial charge in [-0.2, -0.15) is 0 Å². The molecular weight excluding hydrogens is 174 g/mol. The van der Waals surface area contributed by atoms with E-state index in [0.29, 0.717) is 6.54 Å². The number of hydrogen-bond donors (Lipinski definition) is 2. The zero-order chi connectivity index (χ0) is 8.97. The summed E-state index contributed by atoms with van der Waals surface area (Å²) in [5.41, 5.74) is 5.41. The summed E-state index contributed by atoms with van der Waals surface area (Å²) in [4.78, 5) is 12.9. The number of nitrogens with zero attached hydrogens (tertiary/aromatic N) is 1. The number of amides is 2. The van der Waals surface area contributed by atoms with Crippen LogP contribution in [0.25, 0.3) is 0 Å². The second kappa shape index (κ2) is 4.37. The lowest BCUT2D eigenvalue weighted by molar-refractivity contribution is 0.214. The van der Waals surface area contributed by atoms with E-state index >= 15 is 0 Å². The van der Waals surface area contributed by atoms with E-state index in [1.165, 1.54) is 0 Å². The normalized spacial score (nSPS) is 21.5. The maximum Gasteiger partial charge on any atom is 0.322 e. The molecule has 0 bridgehead atoms. The summed E-state index contributed by atoms with van der Waals surface area (Å²) in [6.07, 6.45) is 2.61. The van der Waals surface area contributed by atoms with E-state index in [1.807, 2.05) is 5.41 Å².